The summed E-state index contributed by atoms with van der Waals surface area (Å²) >= 11 is 6.22. The van der Waals surface area contributed by atoms with Crippen LogP contribution in [0.2, 0.25) is 5.02 Å². The topological polar surface area (TPSA) is 36.3 Å². The van der Waals surface area contributed by atoms with Gasteiger partial charge in [-0.25, -0.2) is 4.98 Å². The number of aromatic nitrogens is 2. The summed E-state index contributed by atoms with van der Waals surface area (Å²) in [5.41, 5.74) is 4.12. The molecule has 0 radical (unpaired) electrons. The highest BCUT2D eigenvalue weighted by Crippen LogP contribution is 2.30. The van der Waals surface area contributed by atoms with Crippen LogP contribution in [0.1, 0.15) is 5.56 Å². The Kier molecular flexibility index (Phi) is 6.05. The Bertz CT molecular complexity index is 1180. The average molecular weight is 419 g/mol. The van der Waals surface area contributed by atoms with Crippen molar-refractivity contribution in [3.63, 3.8) is 0 Å². The zero-order valence-corrected chi connectivity index (χ0v) is 17.6. The number of imidazole rings is 1. The number of methoxy groups -OCH3 is 1. The lowest BCUT2D eigenvalue weighted by Gasteiger charge is -2.14. The van der Waals surface area contributed by atoms with E-state index in [1.807, 2.05) is 66.7 Å². The van der Waals surface area contributed by atoms with E-state index in [0.717, 1.165) is 45.9 Å². The summed E-state index contributed by atoms with van der Waals surface area (Å²) in [5, 5.41) is 0.687. The first-order valence-electron chi connectivity index (χ1n) is 9.81. The number of rotatable bonds is 8. The minimum atomic E-state index is 0.477. The molecule has 0 unspecified atom stereocenters. The third kappa shape index (κ3) is 4.19. The Morgan fingerprint density at radius 3 is 2.70 bits per heavy atom. The molecule has 4 rings (SSSR count). The molecule has 0 amide bonds. The Morgan fingerprint density at radius 1 is 1.03 bits per heavy atom. The predicted molar refractivity (Wildman–Crippen MR) is 123 cm³/mol. The van der Waals surface area contributed by atoms with Crippen LogP contribution in [0.25, 0.3) is 22.4 Å². The maximum absolute atomic E-state index is 6.22. The molecule has 1 aromatic heterocycles. The molecule has 0 saturated carbocycles. The maximum Gasteiger partial charge on any atom is 0.161 e. The summed E-state index contributed by atoms with van der Waals surface area (Å²) < 4.78 is 13.7. The van der Waals surface area contributed by atoms with E-state index in [4.69, 9.17) is 26.1 Å². The van der Waals surface area contributed by atoms with Gasteiger partial charge in [0.2, 0.25) is 0 Å². The van der Waals surface area contributed by atoms with Crippen molar-refractivity contribution in [3.05, 3.63) is 90.0 Å². The van der Waals surface area contributed by atoms with Crippen LogP contribution >= 0.6 is 11.6 Å². The molecule has 5 heteroatoms. The normalized spacial score (nSPS) is 10.9. The van der Waals surface area contributed by atoms with E-state index >= 15 is 0 Å². The molecule has 4 nitrogen and oxygen atoms in total. The van der Waals surface area contributed by atoms with Crippen molar-refractivity contribution >= 4 is 22.6 Å². The quantitative estimate of drug-likeness (QED) is 0.321. The molecular weight excluding hydrogens is 396 g/mol. The highest BCUT2D eigenvalue weighted by Gasteiger charge is 2.13. The molecule has 4 aromatic rings. The summed E-state index contributed by atoms with van der Waals surface area (Å²) in [7, 11) is 1.65. The standard InChI is InChI=1S/C25H23ClN2O2/c1-3-7-18-12-13-23(24(16-18)29-2)30-15-14-28-22-11-5-4-10-21(22)27-25(28)19-8-6-9-20(26)17-19/h3-6,8-13,16-17H,1,7,14-15H2,2H3. The molecule has 152 valence electrons. The van der Waals surface area contributed by atoms with E-state index in [1.54, 1.807) is 7.11 Å². The number of hydrogen-bond donors (Lipinski definition) is 0. The fourth-order valence-electron chi connectivity index (χ4n) is 3.52. The molecule has 30 heavy (non-hydrogen) atoms. The van der Waals surface area contributed by atoms with Crippen LogP contribution in [0.15, 0.2) is 79.4 Å². The molecule has 3 aromatic carbocycles. The average Bonchev–Trinajstić information content (AvgIpc) is 3.13. The van der Waals surface area contributed by atoms with Gasteiger partial charge in [-0.15, -0.1) is 6.58 Å². The highest BCUT2D eigenvalue weighted by molar-refractivity contribution is 6.30. The summed E-state index contributed by atoms with van der Waals surface area (Å²) in [5.74, 6) is 2.31. The van der Waals surface area contributed by atoms with Gasteiger partial charge in [-0.1, -0.05) is 48.0 Å². The van der Waals surface area contributed by atoms with Crippen molar-refractivity contribution in [1.29, 1.82) is 0 Å². The third-order valence-corrected chi connectivity index (χ3v) is 5.15. The number of halogens is 1. The Labute approximate surface area is 181 Å². The van der Waals surface area contributed by atoms with Crippen LogP contribution in [-0.4, -0.2) is 23.3 Å². The maximum atomic E-state index is 6.22. The van der Waals surface area contributed by atoms with E-state index < -0.39 is 0 Å². The monoisotopic (exact) mass is 418 g/mol. The lowest BCUT2D eigenvalue weighted by Crippen LogP contribution is -2.10. The van der Waals surface area contributed by atoms with Gasteiger partial charge in [0.15, 0.2) is 11.5 Å². The van der Waals surface area contributed by atoms with Gasteiger partial charge in [-0.05, 0) is 48.4 Å². The molecule has 0 aliphatic carbocycles. The van der Waals surface area contributed by atoms with E-state index in [2.05, 4.69) is 17.2 Å². The van der Waals surface area contributed by atoms with Gasteiger partial charge in [0.05, 0.1) is 24.7 Å². The fraction of sp³-hybridized carbons (Fsp3) is 0.160. The second kappa shape index (κ2) is 9.06. The molecule has 0 N–H and O–H groups in total. The number of fused-ring (bicyclic) bond motifs is 1. The Morgan fingerprint density at radius 2 is 1.90 bits per heavy atom. The minimum Gasteiger partial charge on any atom is -0.493 e. The first-order valence-corrected chi connectivity index (χ1v) is 10.2. The number of benzene rings is 3. The van der Waals surface area contributed by atoms with Crippen LogP contribution in [0.3, 0.4) is 0 Å². The van der Waals surface area contributed by atoms with Gasteiger partial charge in [-0.2, -0.15) is 0 Å². The molecule has 0 aliphatic rings. The fourth-order valence-corrected chi connectivity index (χ4v) is 3.71. The van der Waals surface area contributed by atoms with Crippen molar-refractivity contribution in [2.24, 2.45) is 0 Å². The Hall–Kier alpha value is -3.24. The van der Waals surface area contributed by atoms with Gasteiger partial charge < -0.3 is 14.0 Å². The smallest absolute Gasteiger partial charge is 0.161 e. The first kappa shape index (κ1) is 20.0. The molecular formula is C25H23ClN2O2. The Balaban J connectivity index is 1.60. The van der Waals surface area contributed by atoms with Gasteiger partial charge in [0, 0.05) is 10.6 Å². The molecule has 0 bridgehead atoms. The second-order valence-electron chi connectivity index (χ2n) is 6.91. The second-order valence-corrected chi connectivity index (χ2v) is 7.35. The zero-order chi connectivity index (χ0) is 20.9. The van der Waals surface area contributed by atoms with Crippen molar-refractivity contribution < 1.29 is 9.47 Å². The van der Waals surface area contributed by atoms with Gasteiger partial charge in [0.1, 0.15) is 12.4 Å². The molecule has 0 fully saturated rings. The summed E-state index contributed by atoms with van der Waals surface area (Å²) in [6, 6.07) is 21.8. The molecule has 1 heterocycles. The molecule has 0 aliphatic heterocycles. The number of hydrogen-bond acceptors (Lipinski definition) is 3. The third-order valence-electron chi connectivity index (χ3n) is 4.92. The van der Waals surface area contributed by atoms with Crippen molar-refractivity contribution in [1.82, 2.24) is 9.55 Å². The number of ether oxygens (including phenoxy) is 2. The number of nitrogens with zero attached hydrogens (tertiary/aromatic N) is 2. The number of para-hydroxylation sites is 2. The van der Waals surface area contributed by atoms with E-state index in [-0.39, 0.29) is 0 Å². The van der Waals surface area contributed by atoms with E-state index in [9.17, 15) is 0 Å². The van der Waals surface area contributed by atoms with E-state index in [0.29, 0.717) is 18.2 Å². The van der Waals surface area contributed by atoms with Gasteiger partial charge in [-0.3, -0.25) is 0 Å². The molecule has 0 spiro atoms. The molecule has 0 atom stereocenters. The van der Waals surface area contributed by atoms with Crippen LogP contribution in [0.5, 0.6) is 11.5 Å². The van der Waals surface area contributed by atoms with Gasteiger partial charge in [0.25, 0.3) is 0 Å². The van der Waals surface area contributed by atoms with Crippen LogP contribution in [-0.2, 0) is 13.0 Å². The molecule has 0 saturated heterocycles. The van der Waals surface area contributed by atoms with Gasteiger partial charge >= 0.3 is 0 Å². The van der Waals surface area contributed by atoms with Crippen LogP contribution in [0.4, 0.5) is 0 Å². The first-order chi connectivity index (χ1) is 14.7. The van der Waals surface area contributed by atoms with Crippen molar-refractivity contribution in [2.45, 2.75) is 13.0 Å². The summed E-state index contributed by atoms with van der Waals surface area (Å²) in [4.78, 5) is 4.83. The highest BCUT2D eigenvalue weighted by atomic mass is 35.5. The van der Waals surface area contributed by atoms with Crippen LogP contribution in [0, 0.1) is 0 Å². The predicted octanol–water partition coefficient (Wildman–Crippen LogP) is 6.17. The zero-order valence-electron chi connectivity index (χ0n) is 16.8. The summed E-state index contributed by atoms with van der Waals surface area (Å²) in [6.07, 6.45) is 2.66. The SMILES string of the molecule is C=CCc1ccc(OCCn2c(-c3cccc(Cl)c3)nc3ccccc32)c(OC)c1. The largest absolute Gasteiger partial charge is 0.493 e. The number of allylic oxidation sites excluding steroid dienone is 1. The minimum absolute atomic E-state index is 0.477. The lowest BCUT2D eigenvalue weighted by molar-refractivity contribution is 0.281. The lowest BCUT2D eigenvalue weighted by atomic mass is 10.1. The summed E-state index contributed by atoms with van der Waals surface area (Å²) in [6.45, 7) is 4.90. The van der Waals surface area contributed by atoms with Crippen molar-refractivity contribution in [2.75, 3.05) is 13.7 Å². The van der Waals surface area contributed by atoms with E-state index in [1.165, 1.54) is 0 Å². The van der Waals surface area contributed by atoms with Crippen molar-refractivity contribution in [3.8, 4) is 22.9 Å². The van der Waals surface area contributed by atoms with Crippen LogP contribution < -0.4 is 9.47 Å².